The van der Waals surface area contributed by atoms with Gasteiger partial charge in [-0.15, -0.1) is 0 Å². The number of nitrogens with one attached hydrogen (secondary N) is 1. The maximum atomic E-state index is 12.6. The Morgan fingerprint density at radius 2 is 1.87 bits per heavy atom. The van der Waals surface area contributed by atoms with Crippen LogP contribution in [0, 0.1) is 13.8 Å². The van der Waals surface area contributed by atoms with E-state index in [-0.39, 0.29) is 11.9 Å². The Hall–Kier alpha value is -2.45. The van der Waals surface area contributed by atoms with Gasteiger partial charge in [0, 0.05) is 50.2 Å². The van der Waals surface area contributed by atoms with Crippen molar-refractivity contribution in [1.29, 1.82) is 0 Å². The minimum Gasteiger partial charge on any atom is -0.378 e. The number of morpholine rings is 1. The number of rotatable bonds is 4. The number of piperidine rings is 1. The Labute approximate surface area is 181 Å². The average Bonchev–Trinajstić information content (AvgIpc) is 2.75. The molecule has 0 aromatic carbocycles. The quantitative estimate of drug-likeness (QED) is 0.798. The molecule has 0 unspecified atom stereocenters. The molecule has 4 heterocycles. The lowest BCUT2D eigenvalue weighted by Gasteiger charge is -2.33. The Morgan fingerprint density at radius 3 is 2.53 bits per heavy atom. The number of aromatic nitrogens is 3. The van der Waals surface area contributed by atoms with Gasteiger partial charge in [-0.05, 0) is 32.8 Å². The molecule has 0 radical (unpaired) electrons. The van der Waals surface area contributed by atoms with Gasteiger partial charge >= 0.3 is 0 Å². The number of ether oxygens (including phenoxy) is 1. The zero-order valence-electron chi connectivity index (χ0n) is 17.4. The van der Waals surface area contributed by atoms with Gasteiger partial charge in [-0.1, -0.05) is 11.6 Å². The van der Waals surface area contributed by atoms with Crippen molar-refractivity contribution in [2.45, 2.75) is 32.7 Å². The van der Waals surface area contributed by atoms with Crippen molar-refractivity contribution in [3.63, 3.8) is 0 Å². The van der Waals surface area contributed by atoms with Crippen molar-refractivity contribution in [3.05, 3.63) is 40.4 Å². The van der Waals surface area contributed by atoms with Crippen LogP contribution >= 0.6 is 11.6 Å². The van der Waals surface area contributed by atoms with Crippen molar-refractivity contribution in [2.75, 3.05) is 49.6 Å². The first-order chi connectivity index (χ1) is 14.5. The predicted molar refractivity (Wildman–Crippen MR) is 116 cm³/mol. The standard InChI is InChI=1S/C21H27ClN6O2/c1-14-11-19(25-15(2)24-14)27-5-3-17(4-6-27)26-20-18(22)12-16(13-23-20)21(29)28-7-9-30-10-8-28/h11-13,17H,3-10H2,1-2H3,(H,23,26). The maximum absolute atomic E-state index is 12.6. The number of nitrogens with zero attached hydrogens (tertiary/aromatic N) is 5. The summed E-state index contributed by atoms with van der Waals surface area (Å²) in [7, 11) is 0. The molecule has 0 atom stereocenters. The number of pyridine rings is 1. The second kappa shape index (κ2) is 9.14. The number of hydrogen-bond acceptors (Lipinski definition) is 7. The number of hydrogen-bond donors (Lipinski definition) is 1. The topological polar surface area (TPSA) is 83.5 Å². The molecule has 2 aromatic heterocycles. The molecule has 2 aromatic rings. The summed E-state index contributed by atoms with van der Waals surface area (Å²) in [5.41, 5.74) is 1.50. The van der Waals surface area contributed by atoms with Gasteiger partial charge in [-0.2, -0.15) is 0 Å². The Balaban J connectivity index is 1.35. The number of aryl methyl sites for hydroxylation is 2. The third-order valence-electron chi connectivity index (χ3n) is 5.50. The van der Waals surface area contributed by atoms with Crippen molar-refractivity contribution >= 4 is 29.1 Å². The van der Waals surface area contributed by atoms with Crippen LogP contribution in [0.5, 0.6) is 0 Å². The molecule has 0 spiro atoms. The molecule has 30 heavy (non-hydrogen) atoms. The number of halogens is 1. The van der Waals surface area contributed by atoms with Crippen molar-refractivity contribution < 1.29 is 9.53 Å². The molecule has 2 fully saturated rings. The molecule has 0 saturated carbocycles. The third kappa shape index (κ3) is 4.82. The fourth-order valence-electron chi connectivity index (χ4n) is 3.92. The monoisotopic (exact) mass is 430 g/mol. The Morgan fingerprint density at radius 1 is 1.13 bits per heavy atom. The van der Waals surface area contributed by atoms with Crippen LogP contribution in [0.1, 0.15) is 34.7 Å². The number of carbonyl (C=O) groups excluding carboxylic acids is 1. The zero-order valence-corrected chi connectivity index (χ0v) is 18.2. The van der Waals surface area contributed by atoms with Gasteiger partial charge < -0.3 is 19.9 Å². The van der Waals surface area contributed by atoms with Crippen molar-refractivity contribution in [2.24, 2.45) is 0 Å². The highest BCUT2D eigenvalue weighted by Crippen LogP contribution is 2.25. The van der Waals surface area contributed by atoms with E-state index >= 15 is 0 Å². The first-order valence-corrected chi connectivity index (χ1v) is 10.7. The van der Waals surface area contributed by atoms with Crippen LogP contribution in [-0.4, -0.2) is 71.2 Å². The first kappa shape index (κ1) is 20.8. The summed E-state index contributed by atoms with van der Waals surface area (Å²) in [6.07, 6.45) is 3.51. The second-order valence-electron chi connectivity index (χ2n) is 7.78. The van der Waals surface area contributed by atoms with Crippen LogP contribution in [-0.2, 0) is 4.74 Å². The van der Waals surface area contributed by atoms with Gasteiger partial charge in [0.15, 0.2) is 0 Å². The van der Waals surface area contributed by atoms with Gasteiger partial charge in [-0.25, -0.2) is 15.0 Å². The molecule has 9 heteroatoms. The lowest BCUT2D eigenvalue weighted by Crippen LogP contribution is -2.41. The summed E-state index contributed by atoms with van der Waals surface area (Å²) in [4.78, 5) is 30.0. The first-order valence-electron chi connectivity index (χ1n) is 10.4. The molecule has 1 N–H and O–H groups in total. The van der Waals surface area contributed by atoms with Crippen molar-refractivity contribution in [3.8, 4) is 0 Å². The van der Waals surface area contributed by atoms with E-state index in [1.165, 1.54) is 0 Å². The van der Waals surface area contributed by atoms with Crippen molar-refractivity contribution in [1.82, 2.24) is 19.9 Å². The Bertz CT molecular complexity index is 890. The van der Waals surface area contributed by atoms with E-state index in [0.29, 0.717) is 42.7 Å². The highest BCUT2D eigenvalue weighted by molar-refractivity contribution is 6.33. The number of amides is 1. The van der Waals surface area contributed by atoms with Gasteiger partial charge in [0.05, 0.1) is 23.8 Å². The van der Waals surface area contributed by atoms with Crippen LogP contribution in [0.25, 0.3) is 0 Å². The zero-order chi connectivity index (χ0) is 21.1. The van der Waals surface area contributed by atoms with E-state index < -0.39 is 0 Å². The highest BCUT2D eigenvalue weighted by atomic mass is 35.5. The summed E-state index contributed by atoms with van der Waals surface area (Å²) in [6, 6.07) is 4.01. The molecule has 2 aliphatic rings. The van der Waals surface area contributed by atoms with Gasteiger partial charge in [0.1, 0.15) is 17.5 Å². The van der Waals surface area contributed by atoms with Gasteiger partial charge in [0.25, 0.3) is 5.91 Å². The van der Waals surface area contributed by atoms with E-state index in [9.17, 15) is 4.79 Å². The summed E-state index contributed by atoms with van der Waals surface area (Å²) in [5, 5.41) is 3.91. The molecular weight excluding hydrogens is 404 g/mol. The Kier molecular flexibility index (Phi) is 6.34. The van der Waals surface area contributed by atoms with E-state index in [0.717, 1.165) is 43.3 Å². The van der Waals surface area contributed by atoms with E-state index in [2.05, 4.69) is 25.2 Å². The summed E-state index contributed by atoms with van der Waals surface area (Å²) in [6.45, 7) is 8.05. The molecule has 160 valence electrons. The molecule has 0 bridgehead atoms. The lowest BCUT2D eigenvalue weighted by atomic mass is 10.0. The molecular formula is C21H27ClN6O2. The summed E-state index contributed by atoms with van der Waals surface area (Å²) >= 11 is 6.44. The van der Waals surface area contributed by atoms with Gasteiger partial charge in [-0.3, -0.25) is 4.79 Å². The molecule has 0 aliphatic carbocycles. The fourth-order valence-corrected chi connectivity index (χ4v) is 4.14. The SMILES string of the molecule is Cc1cc(N2CCC(Nc3ncc(C(=O)N4CCOCC4)cc3Cl)CC2)nc(C)n1. The molecule has 8 nitrogen and oxygen atoms in total. The minimum absolute atomic E-state index is 0.0528. The molecule has 4 rings (SSSR count). The van der Waals surface area contributed by atoms with E-state index in [1.807, 2.05) is 19.9 Å². The normalized spacial score (nSPS) is 17.8. The van der Waals surface area contributed by atoms with Crippen LogP contribution in [0.4, 0.5) is 11.6 Å². The van der Waals surface area contributed by atoms with Crippen LogP contribution in [0.15, 0.2) is 18.3 Å². The maximum Gasteiger partial charge on any atom is 0.255 e. The van der Waals surface area contributed by atoms with E-state index in [4.69, 9.17) is 16.3 Å². The summed E-state index contributed by atoms with van der Waals surface area (Å²) < 4.78 is 5.30. The fraction of sp³-hybridized carbons (Fsp3) is 0.524. The van der Waals surface area contributed by atoms with Crippen LogP contribution < -0.4 is 10.2 Å². The summed E-state index contributed by atoms with van der Waals surface area (Å²) in [5.74, 6) is 2.36. The smallest absolute Gasteiger partial charge is 0.255 e. The molecule has 2 aliphatic heterocycles. The van der Waals surface area contributed by atoms with Crippen LogP contribution in [0.2, 0.25) is 5.02 Å². The largest absolute Gasteiger partial charge is 0.378 e. The van der Waals surface area contributed by atoms with Gasteiger partial charge in [0.2, 0.25) is 0 Å². The molecule has 2 saturated heterocycles. The number of anilines is 2. The third-order valence-corrected chi connectivity index (χ3v) is 5.79. The second-order valence-corrected chi connectivity index (χ2v) is 8.19. The number of carbonyl (C=O) groups is 1. The average molecular weight is 431 g/mol. The van der Waals surface area contributed by atoms with Crippen LogP contribution in [0.3, 0.4) is 0 Å². The van der Waals surface area contributed by atoms with E-state index in [1.54, 1.807) is 17.2 Å². The molecule has 1 amide bonds. The minimum atomic E-state index is -0.0528. The highest BCUT2D eigenvalue weighted by Gasteiger charge is 2.23. The lowest BCUT2D eigenvalue weighted by molar-refractivity contribution is 0.0302. The predicted octanol–water partition coefficient (Wildman–Crippen LogP) is 2.70.